The van der Waals surface area contributed by atoms with Crippen molar-refractivity contribution in [3.8, 4) is 0 Å². The van der Waals surface area contributed by atoms with Crippen LogP contribution in [-0.4, -0.2) is 15.0 Å². The molecule has 0 aromatic heterocycles. The molecule has 134 valence electrons. The van der Waals surface area contributed by atoms with Gasteiger partial charge in [0.25, 0.3) is 0 Å². The Morgan fingerprint density at radius 1 is 0.778 bits per heavy atom. The first-order valence-electron chi connectivity index (χ1n) is 8.62. The van der Waals surface area contributed by atoms with E-state index in [1.165, 1.54) is 4.46 Å². The van der Waals surface area contributed by atoms with Gasteiger partial charge in [-0.15, -0.1) is 0 Å². The standard InChI is InChI=1S/C24H21OPSe/c1-3-20(2)24(27-23-17-11-6-12-18-23)19-26(25,21-13-7-4-8-14-21)22-15-9-5-10-16-22/h3-19H,1-2H2/b24-19+. The van der Waals surface area contributed by atoms with Crippen LogP contribution in [-0.2, 0) is 4.57 Å². The van der Waals surface area contributed by atoms with E-state index in [-0.39, 0.29) is 15.0 Å². The van der Waals surface area contributed by atoms with Crippen LogP contribution in [0.5, 0.6) is 0 Å². The molecule has 0 spiro atoms. The van der Waals surface area contributed by atoms with Crippen LogP contribution >= 0.6 is 7.14 Å². The quantitative estimate of drug-likeness (QED) is 0.301. The monoisotopic (exact) mass is 436 g/mol. The van der Waals surface area contributed by atoms with Gasteiger partial charge in [0.2, 0.25) is 0 Å². The summed E-state index contributed by atoms with van der Waals surface area (Å²) in [6.45, 7) is 8.03. The van der Waals surface area contributed by atoms with E-state index in [2.05, 4.69) is 25.3 Å². The van der Waals surface area contributed by atoms with Crippen LogP contribution < -0.4 is 15.1 Å². The Labute approximate surface area is 167 Å². The molecule has 0 bridgehead atoms. The van der Waals surface area contributed by atoms with Gasteiger partial charge in [-0.2, -0.15) is 0 Å². The zero-order valence-corrected chi connectivity index (χ0v) is 17.6. The minimum absolute atomic E-state index is 0.00818. The topological polar surface area (TPSA) is 17.1 Å². The zero-order valence-electron chi connectivity index (χ0n) is 15.0. The molecule has 0 N–H and O–H groups in total. The van der Waals surface area contributed by atoms with Crippen LogP contribution in [0.3, 0.4) is 0 Å². The summed E-state index contributed by atoms with van der Waals surface area (Å²) in [6, 6.07) is 29.6. The van der Waals surface area contributed by atoms with Crippen LogP contribution in [0.1, 0.15) is 0 Å². The number of allylic oxidation sites excluding steroid dienone is 3. The molecule has 0 aliphatic heterocycles. The van der Waals surface area contributed by atoms with Gasteiger partial charge in [-0.3, -0.25) is 0 Å². The maximum atomic E-state index is 14.3. The molecule has 1 nitrogen and oxygen atoms in total. The van der Waals surface area contributed by atoms with Gasteiger partial charge < -0.3 is 0 Å². The summed E-state index contributed by atoms with van der Waals surface area (Å²) >= 11 is -0.00818. The first kappa shape index (κ1) is 19.4. The van der Waals surface area contributed by atoms with Crippen molar-refractivity contribution in [2.24, 2.45) is 0 Å². The molecule has 0 saturated heterocycles. The third-order valence-corrected chi connectivity index (χ3v) is 9.58. The second-order valence-corrected chi connectivity index (χ2v) is 10.9. The van der Waals surface area contributed by atoms with E-state index < -0.39 is 7.14 Å². The van der Waals surface area contributed by atoms with Crippen molar-refractivity contribution in [2.45, 2.75) is 0 Å². The van der Waals surface area contributed by atoms with E-state index in [0.29, 0.717) is 0 Å². The fourth-order valence-electron chi connectivity index (χ4n) is 2.65. The normalized spacial score (nSPS) is 11.8. The molecule has 3 rings (SSSR count). The van der Waals surface area contributed by atoms with E-state index in [1.807, 2.05) is 84.7 Å². The first-order chi connectivity index (χ1) is 13.1. The van der Waals surface area contributed by atoms with Gasteiger partial charge in [0.15, 0.2) is 0 Å². The average Bonchev–Trinajstić information content (AvgIpc) is 2.74. The van der Waals surface area contributed by atoms with Crippen LogP contribution in [0.4, 0.5) is 0 Å². The van der Waals surface area contributed by atoms with E-state index in [0.717, 1.165) is 20.7 Å². The van der Waals surface area contributed by atoms with Crippen LogP contribution in [0.2, 0.25) is 0 Å². The predicted octanol–water partition coefficient (Wildman–Crippen LogP) is 4.61. The number of benzene rings is 3. The van der Waals surface area contributed by atoms with Crippen molar-refractivity contribution in [2.75, 3.05) is 0 Å². The van der Waals surface area contributed by atoms with Crippen LogP contribution in [0, 0.1) is 0 Å². The molecule has 3 heteroatoms. The van der Waals surface area contributed by atoms with Gasteiger partial charge >= 0.3 is 168 Å². The molecule has 0 saturated carbocycles. The first-order valence-corrected chi connectivity index (χ1v) is 12.1. The molecular weight excluding hydrogens is 414 g/mol. The Morgan fingerprint density at radius 3 is 1.67 bits per heavy atom. The van der Waals surface area contributed by atoms with Gasteiger partial charge in [0.05, 0.1) is 0 Å². The van der Waals surface area contributed by atoms with E-state index in [1.54, 1.807) is 6.08 Å². The summed E-state index contributed by atoms with van der Waals surface area (Å²) in [7, 11) is -2.94. The van der Waals surface area contributed by atoms with Crippen molar-refractivity contribution in [1.82, 2.24) is 0 Å². The van der Waals surface area contributed by atoms with Crippen molar-refractivity contribution in [1.29, 1.82) is 0 Å². The van der Waals surface area contributed by atoms with Gasteiger partial charge in [-0.25, -0.2) is 0 Å². The maximum absolute atomic E-state index is 14.3. The molecule has 0 aliphatic carbocycles. The Bertz CT molecular complexity index is 949. The molecule has 0 radical (unpaired) electrons. The molecule has 0 amide bonds. The molecule has 0 atom stereocenters. The van der Waals surface area contributed by atoms with E-state index in [9.17, 15) is 4.57 Å². The Hall–Kier alpha value is -2.37. The van der Waals surface area contributed by atoms with Crippen molar-refractivity contribution < 1.29 is 4.57 Å². The van der Waals surface area contributed by atoms with E-state index >= 15 is 0 Å². The summed E-state index contributed by atoms with van der Waals surface area (Å²) in [4.78, 5) is 0. The number of hydrogen-bond donors (Lipinski definition) is 0. The summed E-state index contributed by atoms with van der Waals surface area (Å²) < 4.78 is 16.5. The van der Waals surface area contributed by atoms with Crippen molar-refractivity contribution >= 4 is 37.2 Å². The van der Waals surface area contributed by atoms with Crippen LogP contribution in [0.25, 0.3) is 0 Å². The number of rotatable bonds is 7. The zero-order chi connectivity index (χ0) is 19.1. The fourth-order valence-corrected chi connectivity index (χ4v) is 7.89. The minimum atomic E-state index is -2.94. The predicted molar refractivity (Wildman–Crippen MR) is 119 cm³/mol. The fraction of sp³-hybridized carbons (Fsp3) is 0. The SMILES string of the molecule is C=CC(=C)/C(=C\P(=O)(c1ccccc1)c1ccccc1)[Se]c1ccccc1. The molecule has 3 aromatic carbocycles. The third-order valence-electron chi connectivity index (χ3n) is 4.11. The molecule has 3 aromatic rings. The Kier molecular flexibility index (Phi) is 6.48. The van der Waals surface area contributed by atoms with Crippen LogP contribution in [0.15, 0.2) is 126 Å². The third kappa shape index (κ3) is 4.67. The van der Waals surface area contributed by atoms with Crippen molar-refractivity contribution in [3.05, 3.63) is 126 Å². The van der Waals surface area contributed by atoms with E-state index in [4.69, 9.17) is 0 Å². The van der Waals surface area contributed by atoms with Gasteiger partial charge in [-0.05, 0) is 0 Å². The van der Waals surface area contributed by atoms with Gasteiger partial charge in [-0.1, -0.05) is 0 Å². The Morgan fingerprint density at radius 2 is 1.22 bits per heavy atom. The molecule has 0 fully saturated rings. The van der Waals surface area contributed by atoms with Crippen molar-refractivity contribution in [3.63, 3.8) is 0 Å². The summed E-state index contributed by atoms with van der Waals surface area (Å²) in [5, 5.41) is 1.66. The molecule has 27 heavy (non-hydrogen) atoms. The molecular formula is C24H21OPSe. The Balaban J connectivity index is 2.16. The second kappa shape index (κ2) is 9.02. The average molecular weight is 435 g/mol. The van der Waals surface area contributed by atoms with Gasteiger partial charge in [0.1, 0.15) is 0 Å². The second-order valence-electron chi connectivity index (χ2n) is 5.97. The molecule has 0 heterocycles. The van der Waals surface area contributed by atoms with Gasteiger partial charge in [0, 0.05) is 0 Å². The number of hydrogen-bond acceptors (Lipinski definition) is 1. The summed E-state index contributed by atoms with van der Waals surface area (Å²) in [5.41, 5.74) is 0.825. The molecule has 0 aliphatic rings. The molecule has 0 unspecified atom stereocenters. The summed E-state index contributed by atoms with van der Waals surface area (Å²) in [6.07, 6.45) is 1.75. The summed E-state index contributed by atoms with van der Waals surface area (Å²) in [5.74, 6) is 1.94.